The number of benzene rings is 2. The predicted octanol–water partition coefficient (Wildman–Crippen LogP) is 4.71. The van der Waals surface area contributed by atoms with Gasteiger partial charge in [0.25, 0.3) is 0 Å². The molecule has 158 valence electrons. The van der Waals surface area contributed by atoms with Crippen molar-refractivity contribution in [3.63, 3.8) is 0 Å². The second kappa shape index (κ2) is 9.10. The third kappa shape index (κ3) is 4.34. The molecule has 5 nitrogen and oxygen atoms in total. The number of aliphatic hydroxyl groups is 1. The number of ketones is 1. The van der Waals surface area contributed by atoms with Gasteiger partial charge in [0.2, 0.25) is 0 Å². The molecule has 4 aromatic rings. The summed E-state index contributed by atoms with van der Waals surface area (Å²) < 4.78 is 21.4. The summed E-state index contributed by atoms with van der Waals surface area (Å²) in [5.74, 6) is -0.270. The van der Waals surface area contributed by atoms with Gasteiger partial charge in [-0.15, -0.1) is 0 Å². The van der Waals surface area contributed by atoms with Crippen LogP contribution in [0.5, 0.6) is 5.75 Å². The number of hydrogen-bond acceptors (Lipinski definition) is 4. The maximum Gasteiger partial charge on any atom is 0.182 e. The fraction of sp³-hybridized carbons (Fsp3) is 0.200. The maximum absolute atomic E-state index is 13.9. The van der Waals surface area contributed by atoms with Crippen LogP contribution in [-0.4, -0.2) is 26.9 Å². The number of aromatic nitrogens is 2. The second-order valence-corrected chi connectivity index (χ2v) is 7.41. The van der Waals surface area contributed by atoms with E-state index in [9.17, 15) is 14.3 Å². The first-order chi connectivity index (χ1) is 15.1. The van der Waals surface area contributed by atoms with Crippen molar-refractivity contribution in [3.05, 3.63) is 101 Å². The Morgan fingerprint density at radius 3 is 2.58 bits per heavy atom. The van der Waals surface area contributed by atoms with Crippen LogP contribution in [0.4, 0.5) is 4.39 Å². The van der Waals surface area contributed by atoms with Gasteiger partial charge >= 0.3 is 0 Å². The lowest BCUT2D eigenvalue weighted by molar-refractivity contribution is 0.0953. The Morgan fingerprint density at radius 1 is 1.10 bits per heavy atom. The summed E-state index contributed by atoms with van der Waals surface area (Å²) in [5, 5.41) is 9.83. The summed E-state index contributed by atoms with van der Waals surface area (Å²) in [7, 11) is 0. The lowest BCUT2D eigenvalue weighted by Gasteiger charge is -2.14. The van der Waals surface area contributed by atoms with E-state index in [0.29, 0.717) is 28.3 Å². The molecular formula is C25H23FN2O3. The number of hydrogen-bond donors (Lipinski definition) is 1. The molecule has 2 heterocycles. The van der Waals surface area contributed by atoms with E-state index in [2.05, 4.69) is 4.98 Å². The molecule has 31 heavy (non-hydrogen) atoms. The Hall–Kier alpha value is -3.51. The lowest BCUT2D eigenvalue weighted by atomic mass is 9.93. The van der Waals surface area contributed by atoms with Crippen molar-refractivity contribution in [2.75, 3.05) is 6.61 Å². The molecule has 0 amide bonds. The zero-order chi connectivity index (χ0) is 21.8. The van der Waals surface area contributed by atoms with Gasteiger partial charge in [0.15, 0.2) is 17.2 Å². The minimum atomic E-state index is -0.333. The zero-order valence-electron chi connectivity index (χ0n) is 17.2. The van der Waals surface area contributed by atoms with Crippen LogP contribution in [0.25, 0.3) is 5.65 Å². The van der Waals surface area contributed by atoms with Gasteiger partial charge in [-0.25, -0.2) is 9.37 Å². The average molecular weight is 418 g/mol. The normalized spacial score (nSPS) is 12.1. The molecule has 0 unspecified atom stereocenters. The van der Waals surface area contributed by atoms with Crippen molar-refractivity contribution in [3.8, 4) is 5.75 Å². The monoisotopic (exact) mass is 418 g/mol. The Bertz CT molecular complexity index is 1200. The summed E-state index contributed by atoms with van der Waals surface area (Å²) >= 11 is 0. The molecule has 0 saturated heterocycles. The molecule has 2 aromatic heterocycles. The number of imidazole rings is 1. The van der Waals surface area contributed by atoms with E-state index in [0.717, 1.165) is 5.56 Å². The lowest BCUT2D eigenvalue weighted by Crippen LogP contribution is -2.13. The van der Waals surface area contributed by atoms with Crippen molar-refractivity contribution in [1.29, 1.82) is 0 Å². The number of carbonyl (C=O) groups excluding carboxylic acids is 1. The highest BCUT2D eigenvalue weighted by molar-refractivity contribution is 5.97. The van der Waals surface area contributed by atoms with E-state index in [1.807, 2.05) is 30.3 Å². The van der Waals surface area contributed by atoms with Gasteiger partial charge in [0, 0.05) is 24.1 Å². The Kier molecular flexibility index (Phi) is 6.09. The summed E-state index contributed by atoms with van der Waals surface area (Å²) in [6.45, 7) is 1.71. The smallest absolute Gasteiger partial charge is 0.182 e. The number of Topliss-reactive ketones (excluding diaryl/α,β-unsaturated/α-hetero) is 1. The highest BCUT2D eigenvalue weighted by atomic mass is 19.1. The van der Waals surface area contributed by atoms with Crippen LogP contribution in [0.3, 0.4) is 0 Å². The molecule has 1 N–H and O–H groups in total. The first-order valence-electron chi connectivity index (χ1n) is 10.1. The van der Waals surface area contributed by atoms with Crippen molar-refractivity contribution < 1.29 is 19.0 Å². The number of aliphatic hydroxyl groups excluding tert-OH is 1. The number of ether oxygens (including phenoxy) is 1. The summed E-state index contributed by atoms with van der Waals surface area (Å²) in [4.78, 5) is 17.7. The van der Waals surface area contributed by atoms with Crippen molar-refractivity contribution in [2.24, 2.45) is 0 Å². The average Bonchev–Trinajstić information content (AvgIpc) is 3.14. The van der Waals surface area contributed by atoms with Gasteiger partial charge in [0.1, 0.15) is 18.1 Å². The number of nitrogens with zero attached hydrogens (tertiary/aromatic N) is 2. The molecule has 4 rings (SSSR count). The molecule has 0 bridgehead atoms. The van der Waals surface area contributed by atoms with Crippen molar-refractivity contribution in [1.82, 2.24) is 9.38 Å². The van der Waals surface area contributed by atoms with Crippen LogP contribution >= 0.6 is 0 Å². The number of fused-ring (bicyclic) bond motifs is 1. The van der Waals surface area contributed by atoms with Crippen LogP contribution in [0.15, 0.2) is 72.9 Å². The Morgan fingerprint density at radius 2 is 1.84 bits per heavy atom. The fourth-order valence-corrected chi connectivity index (χ4v) is 3.71. The number of halogens is 1. The summed E-state index contributed by atoms with van der Waals surface area (Å²) in [6, 6.07) is 19.4. The highest BCUT2D eigenvalue weighted by Crippen LogP contribution is 2.27. The van der Waals surface area contributed by atoms with E-state index in [4.69, 9.17) is 4.74 Å². The first-order valence-corrected chi connectivity index (χ1v) is 10.1. The molecule has 6 heteroatoms. The number of carbonyl (C=O) groups is 1. The number of pyridine rings is 1. The Balaban J connectivity index is 1.60. The molecule has 0 fully saturated rings. The summed E-state index contributed by atoms with van der Waals surface area (Å²) in [6.07, 6.45) is 1.92. The zero-order valence-corrected chi connectivity index (χ0v) is 17.2. The number of aryl methyl sites for hydroxylation is 1. The molecule has 0 saturated carbocycles. The third-order valence-corrected chi connectivity index (χ3v) is 5.32. The van der Waals surface area contributed by atoms with Crippen LogP contribution in [0.1, 0.15) is 39.6 Å². The topological polar surface area (TPSA) is 63.8 Å². The van der Waals surface area contributed by atoms with Crippen LogP contribution in [-0.2, 0) is 6.61 Å². The van der Waals surface area contributed by atoms with Gasteiger partial charge in [0.05, 0.1) is 12.3 Å². The Labute approximate surface area is 179 Å². The largest absolute Gasteiger partial charge is 0.485 e. The minimum Gasteiger partial charge on any atom is -0.485 e. The third-order valence-electron chi connectivity index (χ3n) is 5.32. The quantitative estimate of drug-likeness (QED) is 0.421. The van der Waals surface area contributed by atoms with E-state index < -0.39 is 0 Å². The van der Waals surface area contributed by atoms with Crippen molar-refractivity contribution >= 4 is 11.4 Å². The highest BCUT2D eigenvalue weighted by Gasteiger charge is 2.23. The molecule has 1 atom stereocenters. The molecule has 2 aromatic carbocycles. The van der Waals surface area contributed by atoms with E-state index in [1.54, 1.807) is 47.9 Å². The molecule has 0 radical (unpaired) electrons. The SMILES string of the molecule is Cc1nc2c(OCc3ccccc3F)cccn2c1C(=O)C[C@@H](CO)c1ccccc1. The molecule has 0 aliphatic rings. The van der Waals surface area contributed by atoms with E-state index in [-0.39, 0.29) is 37.2 Å². The van der Waals surface area contributed by atoms with Crippen LogP contribution in [0.2, 0.25) is 0 Å². The van der Waals surface area contributed by atoms with Crippen LogP contribution in [0, 0.1) is 12.7 Å². The molecule has 0 spiro atoms. The van der Waals surface area contributed by atoms with E-state index in [1.165, 1.54) is 6.07 Å². The molecule has 0 aliphatic heterocycles. The second-order valence-electron chi connectivity index (χ2n) is 7.41. The van der Waals surface area contributed by atoms with Gasteiger partial charge in [-0.2, -0.15) is 0 Å². The van der Waals surface area contributed by atoms with Gasteiger partial charge in [-0.05, 0) is 30.7 Å². The standard InChI is InChI=1S/C25H23FN2O3/c1-17-24(22(30)14-20(15-29)18-8-3-2-4-9-18)28-13-7-12-23(25(28)27-17)31-16-19-10-5-6-11-21(19)26/h2-13,20,29H,14-16H2,1H3/t20-/m0/s1. The fourth-order valence-electron chi connectivity index (χ4n) is 3.71. The summed E-state index contributed by atoms with van der Waals surface area (Å²) in [5.41, 5.74) is 2.90. The van der Waals surface area contributed by atoms with Gasteiger partial charge in [-0.1, -0.05) is 48.5 Å². The minimum absolute atomic E-state index is 0.0577. The van der Waals surface area contributed by atoms with Gasteiger partial charge < -0.3 is 9.84 Å². The van der Waals surface area contributed by atoms with Crippen molar-refractivity contribution in [2.45, 2.75) is 25.9 Å². The predicted molar refractivity (Wildman–Crippen MR) is 116 cm³/mol. The first kappa shape index (κ1) is 20.8. The van der Waals surface area contributed by atoms with Gasteiger partial charge in [-0.3, -0.25) is 9.20 Å². The van der Waals surface area contributed by atoms with Crippen LogP contribution < -0.4 is 4.74 Å². The molecular weight excluding hydrogens is 395 g/mol. The number of rotatable bonds is 8. The maximum atomic E-state index is 13.9. The van der Waals surface area contributed by atoms with E-state index >= 15 is 0 Å². The molecule has 0 aliphatic carbocycles.